The first-order chi connectivity index (χ1) is 10.1. The molecule has 2 N–H and O–H groups in total. The Morgan fingerprint density at radius 1 is 1.24 bits per heavy atom. The third-order valence-electron chi connectivity index (χ3n) is 2.99. The number of amides is 1. The van der Waals surface area contributed by atoms with E-state index in [1.165, 1.54) is 6.07 Å². The second kappa shape index (κ2) is 7.22. The molecule has 3 nitrogen and oxygen atoms in total. The Kier molecular flexibility index (Phi) is 5.33. The summed E-state index contributed by atoms with van der Waals surface area (Å²) in [5.74, 6) is -0.615. The van der Waals surface area contributed by atoms with Crippen LogP contribution in [0.5, 0.6) is 0 Å². The molecule has 1 amide bonds. The molecule has 0 radical (unpaired) electrons. The number of hydrogen-bond acceptors (Lipinski definition) is 2. The standard InChI is InChI=1S/C16H16BrFN2O/c1-2-11-4-3-5-13(8-11)20-16(21)10-19-15-7-6-12(17)9-14(15)18/h3-9,19H,2,10H2,1H3,(H,20,21). The molecule has 0 heterocycles. The van der Waals surface area contributed by atoms with E-state index in [-0.39, 0.29) is 12.5 Å². The predicted octanol–water partition coefficient (Wildman–Crippen LogP) is 4.20. The fraction of sp³-hybridized carbons (Fsp3) is 0.188. The summed E-state index contributed by atoms with van der Waals surface area (Å²) in [6, 6.07) is 12.3. The van der Waals surface area contributed by atoms with Gasteiger partial charge in [0.15, 0.2) is 0 Å². The SMILES string of the molecule is CCc1cccc(NC(=O)CNc2ccc(Br)cc2F)c1. The molecule has 0 unspecified atom stereocenters. The maximum absolute atomic E-state index is 13.6. The van der Waals surface area contributed by atoms with Crippen LogP contribution >= 0.6 is 15.9 Å². The molecule has 0 fully saturated rings. The molecule has 0 aliphatic rings. The van der Waals surface area contributed by atoms with E-state index in [2.05, 4.69) is 33.5 Å². The van der Waals surface area contributed by atoms with E-state index in [1.54, 1.807) is 12.1 Å². The fourth-order valence-corrected chi connectivity index (χ4v) is 2.22. The average molecular weight is 351 g/mol. The van der Waals surface area contributed by atoms with Crippen LogP contribution in [0.1, 0.15) is 12.5 Å². The summed E-state index contributed by atoms with van der Waals surface area (Å²) in [5.41, 5.74) is 2.20. The van der Waals surface area contributed by atoms with Crippen LogP contribution in [0.2, 0.25) is 0 Å². The first kappa shape index (κ1) is 15.5. The second-order valence-corrected chi connectivity index (χ2v) is 5.50. The van der Waals surface area contributed by atoms with Crippen molar-refractivity contribution in [2.75, 3.05) is 17.2 Å². The largest absolute Gasteiger partial charge is 0.374 e. The number of rotatable bonds is 5. The van der Waals surface area contributed by atoms with Crippen LogP contribution in [-0.4, -0.2) is 12.5 Å². The maximum Gasteiger partial charge on any atom is 0.243 e. The molecule has 0 bridgehead atoms. The van der Waals surface area contributed by atoms with Crippen LogP contribution in [0.15, 0.2) is 46.9 Å². The van der Waals surface area contributed by atoms with Gasteiger partial charge < -0.3 is 10.6 Å². The fourth-order valence-electron chi connectivity index (χ4n) is 1.88. The minimum Gasteiger partial charge on any atom is -0.374 e. The topological polar surface area (TPSA) is 41.1 Å². The summed E-state index contributed by atoms with van der Waals surface area (Å²) in [6.07, 6.45) is 0.909. The highest BCUT2D eigenvalue weighted by molar-refractivity contribution is 9.10. The molecule has 2 aromatic carbocycles. The lowest BCUT2D eigenvalue weighted by Gasteiger charge is -2.09. The van der Waals surface area contributed by atoms with Crippen LogP contribution in [0.3, 0.4) is 0 Å². The van der Waals surface area contributed by atoms with E-state index in [0.717, 1.165) is 17.7 Å². The zero-order valence-corrected chi connectivity index (χ0v) is 13.2. The van der Waals surface area contributed by atoms with Gasteiger partial charge in [-0.3, -0.25) is 4.79 Å². The van der Waals surface area contributed by atoms with Gasteiger partial charge in [0, 0.05) is 10.2 Å². The Balaban J connectivity index is 1.92. The van der Waals surface area contributed by atoms with E-state index in [9.17, 15) is 9.18 Å². The molecular weight excluding hydrogens is 335 g/mol. The van der Waals surface area contributed by atoms with Crippen molar-refractivity contribution < 1.29 is 9.18 Å². The molecule has 2 aromatic rings. The van der Waals surface area contributed by atoms with Crippen molar-refractivity contribution in [3.8, 4) is 0 Å². The molecule has 0 aliphatic carbocycles. The van der Waals surface area contributed by atoms with Gasteiger partial charge >= 0.3 is 0 Å². The van der Waals surface area contributed by atoms with Crippen molar-refractivity contribution in [1.82, 2.24) is 0 Å². The van der Waals surface area contributed by atoms with Crippen LogP contribution in [0, 0.1) is 5.82 Å². The molecule has 0 spiro atoms. The summed E-state index contributed by atoms with van der Waals surface area (Å²) in [6.45, 7) is 2.06. The van der Waals surface area contributed by atoms with E-state index in [0.29, 0.717) is 10.2 Å². The molecule has 0 saturated heterocycles. The average Bonchev–Trinajstić information content (AvgIpc) is 2.46. The predicted molar refractivity (Wildman–Crippen MR) is 87.0 cm³/mol. The molecule has 0 saturated carbocycles. The number of carbonyl (C=O) groups is 1. The lowest BCUT2D eigenvalue weighted by atomic mass is 10.1. The van der Waals surface area contributed by atoms with Gasteiger partial charge in [0.25, 0.3) is 0 Å². The van der Waals surface area contributed by atoms with E-state index < -0.39 is 5.82 Å². The maximum atomic E-state index is 13.6. The summed E-state index contributed by atoms with van der Waals surface area (Å²) in [7, 11) is 0. The Hall–Kier alpha value is -1.88. The van der Waals surface area contributed by atoms with Crippen molar-refractivity contribution in [3.05, 3.63) is 58.3 Å². The van der Waals surface area contributed by atoms with Crippen molar-refractivity contribution >= 4 is 33.2 Å². The molecular formula is C16H16BrFN2O. The Morgan fingerprint density at radius 2 is 2.05 bits per heavy atom. The minimum atomic E-state index is -0.398. The van der Waals surface area contributed by atoms with Crippen LogP contribution in [0.25, 0.3) is 0 Å². The van der Waals surface area contributed by atoms with Crippen LogP contribution < -0.4 is 10.6 Å². The smallest absolute Gasteiger partial charge is 0.243 e. The minimum absolute atomic E-state index is 0.00883. The molecule has 21 heavy (non-hydrogen) atoms. The van der Waals surface area contributed by atoms with E-state index >= 15 is 0 Å². The van der Waals surface area contributed by atoms with Gasteiger partial charge in [-0.05, 0) is 42.3 Å². The molecule has 110 valence electrons. The van der Waals surface area contributed by atoms with Gasteiger partial charge in [0.05, 0.1) is 12.2 Å². The zero-order chi connectivity index (χ0) is 15.2. The number of hydrogen-bond donors (Lipinski definition) is 2. The van der Waals surface area contributed by atoms with Crippen molar-refractivity contribution in [2.24, 2.45) is 0 Å². The number of carbonyl (C=O) groups excluding carboxylic acids is 1. The molecule has 2 rings (SSSR count). The number of anilines is 2. The van der Waals surface area contributed by atoms with Gasteiger partial charge in [-0.2, -0.15) is 0 Å². The van der Waals surface area contributed by atoms with Gasteiger partial charge in [0.1, 0.15) is 5.82 Å². The quantitative estimate of drug-likeness (QED) is 0.848. The van der Waals surface area contributed by atoms with Crippen LogP contribution in [0.4, 0.5) is 15.8 Å². The Bertz CT molecular complexity index is 646. The number of halogens is 2. The monoisotopic (exact) mass is 350 g/mol. The van der Waals surface area contributed by atoms with Gasteiger partial charge in [-0.1, -0.05) is 35.0 Å². The highest BCUT2D eigenvalue weighted by atomic mass is 79.9. The second-order valence-electron chi connectivity index (χ2n) is 4.58. The van der Waals surface area contributed by atoms with Crippen molar-refractivity contribution in [1.29, 1.82) is 0 Å². The lowest BCUT2D eigenvalue weighted by molar-refractivity contribution is -0.114. The highest BCUT2D eigenvalue weighted by Gasteiger charge is 2.06. The highest BCUT2D eigenvalue weighted by Crippen LogP contribution is 2.19. The first-order valence-electron chi connectivity index (χ1n) is 6.66. The third kappa shape index (κ3) is 4.56. The molecule has 0 atom stereocenters. The lowest BCUT2D eigenvalue weighted by Crippen LogP contribution is -2.22. The normalized spacial score (nSPS) is 10.2. The van der Waals surface area contributed by atoms with E-state index in [1.807, 2.05) is 24.3 Å². The number of nitrogens with one attached hydrogen (secondary N) is 2. The summed E-state index contributed by atoms with van der Waals surface area (Å²) in [5, 5.41) is 5.57. The molecule has 0 aliphatic heterocycles. The molecule has 5 heteroatoms. The van der Waals surface area contributed by atoms with Gasteiger partial charge in [-0.15, -0.1) is 0 Å². The van der Waals surface area contributed by atoms with E-state index in [4.69, 9.17) is 0 Å². The van der Waals surface area contributed by atoms with Crippen LogP contribution in [-0.2, 0) is 11.2 Å². The third-order valence-corrected chi connectivity index (χ3v) is 3.48. The van der Waals surface area contributed by atoms with Gasteiger partial charge in [0.2, 0.25) is 5.91 Å². The Morgan fingerprint density at radius 3 is 2.76 bits per heavy atom. The summed E-state index contributed by atoms with van der Waals surface area (Å²) in [4.78, 5) is 11.9. The number of aryl methyl sites for hydroxylation is 1. The van der Waals surface area contributed by atoms with Crippen molar-refractivity contribution in [3.63, 3.8) is 0 Å². The zero-order valence-electron chi connectivity index (χ0n) is 11.6. The molecule has 0 aromatic heterocycles. The first-order valence-corrected chi connectivity index (χ1v) is 7.45. The number of benzene rings is 2. The van der Waals surface area contributed by atoms with Crippen molar-refractivity contribution in [2.45, 2.75) is 13.3 Å². The summed E-state index contributed by atoms with van der Waals surface area (Å²) < 4.78 is 14.3. The Labute approximate surface area is 131 Å². The van der Waals surface area contributed by atoms with Gasteiger partial charge in [-0.25, -0.2) is 4.39 Å². The summed E-state index contributed by atoms with van der Waals surface area (Å²) >= 11 is 3.19.